The van der Waals surface area contributed by atoms with Crippen molar-refractivity contribution >= 4 is 5.69 Å². The van der Waals surface area contributed by atoms with Crippen LogP contribution < -0.4 is 5.32 Å². The number of rotatable bonds is 8. The van der Waals surface area contributed by atoms with Gasteiger partial charge in [0.2, 0.25) is 0 Å². The van der Waals surface area contributed by atoms with Crippen LogP contribution in [0.3, 0.4) is 0 Å². The zero-order valence-electron chi connectivity index (χ0n) is 20.0. The number of aromatic amines is 1. The van der Waals surface area contributed by atoms with Crippen LogP contribution in [-0.4, -0.2) is 81.3 Å². The minimum atomic E-state index is -4.33. The molecule has 0 amide bonds. The fourth-order valence-electron chi connectivity index (χ4n) is 5.22. The van der Waals surface area contributed by atoms with Gasteiger partial charge in [0.05, 0.1) is 49.1 Å². The molecule has 5 rings (SSSR count). The number of aromatic nitrogens is 4. The molecule has 3 aromatic rings. The third-order valence-electron chi connectivity index (χ3n) is 6.93. The zero-order chi connectivity index (χ0) is 25.3. The number of halogens is 4. The lowest BCUT2D eigenvalue weighted by Crippen LogP contribution is -2.54. The Labute approximate surface area is 206 Å². The number of alkyl halides is 4. The first-order valence-corrected chi connectivity index (χ1v) is 12.1. The van der Waals surface area contributed by atoms with Gasteiger partial charge in [-0.25, -0.2) is 0 Å². The Morgan fingerprint density at radius 1 is 1.14 bits per heavy atom. The summed E-state index contributed by atoms with van der Waals surface area (Å²) in [7, 11) is 0. The van der Waals surface area contributed by atoms with Gasteiger partial charge in [-0.1, -0.05) is 12.1 Å². The third-order valence-corrected chi connectivity index (χ3v) is 6.93. The number of nitrogens with zero attached hydrogens (tertiary/aromatic N) is 5. The highest BCUT2D eigenvalue weighted by molar-refractivity contribution is 5.61. The highest BCUT2D eigenvalue weighted by Crippen LogP contribution is 2.40. The summed E-state index contributed by atoms with van der Waals surface area (Å²) in [6.45, 7) is 2.92. The summed E-state index contributed by atoms with van der Waals surface area (Å²) in [5.74, 6) is 0. The van der Waals surface area contributed by atoms with Gasteiger partial charge in [0.25, 0.3) is 0 Å². The summed E-state index contributed by atoms with van der Waals surface area (Å²) in [6, 6.07) is 8.73. The minimum Gasteiger partial charge on any atom is -0.378 e. The molecule has 2 N–H and O–H groups in total. The molecule has 0 saturated carbocycles. The van der Waals surface area contributed by atoms with Crippen LogP contribution in [-0.2, 0) is 6.42 Å². The van der Waals surface area contributed by atoms with Crippen LogP contribution in [0.25, 0.3) is 11.3 Å². The van der Waals surface area contributed by atoms with Crippen molar-refractivity contribution in [2.75, 3.05) is 38.2 Å². The van der Waals surface area contributed by atoms with Gasteiger partial charge in [0.1, 0.15) is 5.69 Å². The van der Waals surface area contributed by atoms with Crippen LogP contribution >= 0.6 is 0 Å². The van der Waals surface area contributed by atoms with Gasteiger partial charge in [0, 0.05) is 31.2 Å². The topological polar surface area (TPSA) is 73.0 Å². The first kappa shape index (κ1) is 24.6. The fraction of sp³-hybridized carbons (Fsp3) is 0.480. The van der Waals surface area contributed by atoms with Crippen LogP contribution in [0.1, 0.15) is 36.2 Å². The summed E-state index contributed by atoms with van der Waals surface area (Å²) in [4.78, 5) is 8.28. The number of fused-ring (bicyclic) bond motifs is 1. The van der Waals surface area contributed by atoms with Crippen molar-refractivity contribution in [1.82, 2.24) is 30.2 Å². The largest absolute Gasteiger partial charge is 0.401 e. The second-order valence-corrected chi connectivity index (χ2v) is 9.63. The van der Waals surface area contributed by atoms with E-state index >= 15 is 0 Å². The standard InChI is InChI=1S/C25H29F4N7/c1-16-9-18-10-17(23-12-31-34-33-23)3-5-21(18)24(36(16)15-25(27,28)29)22-6-4-19(11-30-22)32-20-13-35(14-20)8-2-7-26/h3-6,10-12,16,20,24,32H,2,7-9,13-15H2,1H3,(H,31,33,34)/t16-,24+/m0/s1. The van der Waals surface area contributed by atoms with Crippen molar-refractivity contribution in [1.29, 1.82) is 0 Å². The molecule has 0 radical (unpaired) electrons. The van der Waals surface area contributed by atoms with E-state index < -0.39 is 18.8 Å². The van der Waals surface area contributed by atoms with Gasteiger partial charge in [-0.3, -0.25) is 19.2 Å². The molecule has 36 heavy (non-hydrogen) atoms. The molecular formula is C25H29F4N7. The summed E-state index contributed by atoms with van der Waals surface area (Å²) in [6.07, 6.45) is 0.0160. The molecule has 0 spiro atoms. The number of pyridine rings is 1. The van der Waals surface area contributed by atoms with Crippen molar-refractivity contribution < 1.29 is 17.6 Å². The molecule has 0 aliphatic carbocycles. The number of hydrogen-bond acceptors (Lipinski definition) is 6. The maximum Gasteiger partial charge on any atom is 0.401 e. The lowest BCUT2D eigenvalue weighted by atomic mass is 9.85. The van der Waals surface area contributed by atoms with Gasteiger partial charge >= 0.3 is 6.18 Å². The van der Waals surface area contributed by atoms with Crippen LogP contribution in [0.4, 0.5) is 23.2 Å². The number of hydrogen-bond donors (Lipinski definition) is 2. The summed E-state index contributed by atoms with van der Waals surface area (Å²) >= 11 is 0. The van der Waals surface area contributed by atoms with E-state index in [-0.39, 0.29) is 18.8 Å². The first-order chi connectivity index (χ1) is 17.3. The maximum absolute atomic E-state index is 13.6. The molecule has 1 fully saturated rings. The molecule has 0 unspecified atom stereocenters. The van der Waals surface area contributed by atoms with Crippen LogP contribution in [0.5, 0.6) is 0 Å². The molecule has 0 bridgehead atoms. The SMILES string of the molecule is C[C@H]1Cc2cc(-c3cn[nH]n3)ccc2[C@H](c2ccc(NC3CN(CCCF)C3)cn2)N1CC(F)(F)F. The van der Waals surface area contributed by atoms with E-state index in [2.05, 4.69) is 30.6 Å². The molecule has 192 valence electrons. The van der Waals surface area contributed by atoms with Gasteiger partial charge in [-0.05, 0) is 49.1 Å². The minimum absolute atomic E-state index is 0.254. The van der Waals surface area contributed by atoms with E-state index in [1.54, 1.807) is 12.4 Å². The monoisotopic (exact) mass is 503 g/mol. The molecule has 2 aromatic heterocycles. The molecule has 7 nitrogen and oxygen atoms in total. The van der Waals surface area contributed by atoms with Crippen LogP contribution in [0.15, 0.2) is 42.7 Å². The van der Waals surface area contributed by atoms with Gasteiger partial charge < -0.3 is 5.32 Å². The Morgan fingerprint density at radius 2 is 1.97 bits per heavy atom. The Balaban J connectivity index is 1.39. The second-order valence-electron chi connectivity index (χ2n) is 9.63. The Bertz CT molecular complexity index is 1140. The van der Waals surface area contributed by atoms with Crippen molar-refractivity contribution in [2.45, 2.75) is 44.1 Å². The van der Waals surface area contributed by atoms with E-state index in [1.165, 1.54) is 4.90 Å². The van der Waals surface area contributed by atoms with E-state index in [0.29, 0.717) is 24.2 Å². The summed E-state index contributed by atoms with van der Waals surface area (Å²) < 4.78 is 53.1. The highest BCUT2D eigenvalue weighted by atomic mass is 19.4. The maximum atomic E-state index is 13.6. The Morgan fingerprint density at radius 3 is 2.64 bits per heavy atom. The first-order valence-electron chi connectivity index (χ1n) is 12.1. The van der Waals surface area contributed by atoms with Gasteiger partial charge in [-0.2, -0.15) is 28.6 Å². The van der Waals surface area contributed by atoms with E-state index in [9.17, 15) is 17.6 Å². The number of anilines is 1. The van der Waals surface area contributed by atoms with Crippen molar-refractivity contribution in [3.63, 3.8) is 0 Å². The molecule has 2 aliphatic rings. The Kier molecular flexibility index (Phi) is 6.94. The van der Waals surface area contributed by atoms with Crippen LogP contribution in [0.2, 0.25) is 0 Å². The normalized spacial score (nSPS) is 21.2. The van der Waals surface area contributed by atoms with Crippen molar-refractivity contribution in [2.24, 2.45) is 0 Å². The third kappa shape index (κ3) is 5.36. The zero-order valence-corrected chi connectivity index (χ0v) is 20.0. The highest BCUT2D eigenvalue weighted by Gasteiger charge is 2.41. The molecular weight excluding hydrogens is 474 g/mol. The predicted octanol–water partition coefficient (Wildman–Crippen LogP) is 4.22. The molecule has 4 heterocycles. The number of likely N-dealkylation sites (tertiary alicyclic amines) is 1. The van der Waals surface area contributed by atoms with Crippen molar-refractivity contribution in [3.05, 3.63) is 59.5 Å². The fourth-order valence-corrected chi connectivity index (χ4v) is 5.22. The molecule has 11 heteroatoms. The van der Waals surface area contributed by atoms with Crippen LogP contribution in [0, 0.1) is 0 Å². The summed E-state index contributed by atoms with van der Waals surface area (Å²) in [5, 5.41) is 14.0. The second kappa shape index (κ2) is 10.1. The van der Waals surface area contributed by atoms with Gasteiger partial charge in [-0.15, -0.1) is 0 Å². The van der Waals surface area contributed by atoms with Gasteiger partial charge in [0.15, 0.2) is 0 Å². The molecule has 2 aliphatic heterocycles. The lowest BCUT2D eigenvalue weighted by molar-refractivity contribution is -0.155. The predicted molar refractivity (Wildman–Crippen MR) is 128 cm³/mol. The lowest BCUT2D eigenvalue weighted by Gasteiger charge is -2.42. The van der Waals surface area contributed by atoms with E-state index in [1.807, 2.05) is 37.3 Å². The number of benzene rings is 1. The summed E-state index contributed by atoms with van der Waals surface area (Å²) in [5.41, 5.74) is 4.75. The molecule has 2 atom stereocenters. The smallest absolute Gasteiger partial charge is 0.378 e. The quantitative estimate of drug-likeness (QED) is 0.449. The average molecular weight is 504 g/mol. The van der Waals surface area contributed by atoms with E-state index in [0.717, 1.165) is 42.0 Å². The van der Waals surface area contributed by atoms with Crippen molar-refractivity contribution in [3.8, 4) is 11.3 Å². The number of H-pyrrole nitrogens is 1. The molecule has 1 aromatic carbocycles. The average Bonchev–Trinajstić information content (AvgIpc) is 3.35. The number of nitrogens with one attached hydrogen (secondary N) is 2. The Hall–Kier alpha value is -3.05. The molecule has 1 saturated heterocycles. The van der Waals surface area contributed by atoms with E-state index in [4.69, 9.17) is 0 Å².